The highest BCUT2D eigenvalue weighted by molar-refractivity contribution is 6.10. The first-order valence-corrected chi connectivity index (χ1v) is 22.3. The van der Waals surface area contributed by atoms with E-state index in [1.807, 2.05) is 0 Å². The van der Waals surface area contributed by atoms with E-state index in [0.29, 0.717) is 0 Å². The molecule has 65 heavy (non-hydrogen) atoms. The van der Waals surface area contributed by atoms with Crippen molar-refractivity contribution < 1.29 is 0 Å². The van der Waals surface area contributed by atoms with E-state index in [4.69, 9.17) is 0 Å². The lowest BCUT2D eigenvalue weighted by Crippen LogP contribution is -2.09. The second-order valence-corrected chi connectivity index (χ2v) is 16.6. The van der Waals surface area contributed by atoms with E-state index >= 15 is 0 Å². The maximum atomic E-state index is 2.38. The Labute approximate surface area is 378 Å². The van der Waals surface area contributed by atoms with Crippen molar-refractivity contribution in [3.63, 3.8) is 0 Å². The van der Waals surface area contributed by atoms with Gasteiger partial charge in [0.25, 0.3) is 0 Å². The quantitative estimate of drug-likeness (QED) is 0.132. The Bertz CT molecular complexity index is 3350. The van der Waals surface area contributed by atoms with Gasteiger partial charge in [0.15, 0.2) is 0 Å². The summed E-state index contributed by atoms with van der Waals surface area (Å²) in [6.45, 7) is 0. The van der Waals surface area contributed by atoms with Crippen molar-refractivity contribution in [2.75, 3.05) is 4.90 Å². The molecule has 0 unspecified atom stereocenters. The molecule has 0 fully saturated rings. The number of anilines is 3. The molecule has 3 heteroatoms. The Morgan fingerprint density at radius 2 is 0.615 bits per heavy atom. The standard InChI is InChI=1S/C62H43N3/c1-3-15-49(16-4-1)63(50-17-5-2-6-18-50)51-37-31-46(32-38-51)45-29-27-44(28-30-45)43-58(47-33-39-52(40-34-47)64-59-23-11-7-19-54(59)55-20-8-12-24-60(55)64)48-35-41-53(42-36-48)65-61-25-13-9-21-56(61)57-22-10-14-26-62(57)65/h1-43H. The van der Waals surface area contributed by atoms with Crippen LogP contribution in [0.15, 0.2) is 255 Å². The van der Waals surface area contributed by atoms with Crippen LogP contribution in [0.2, 0.25) is 0 Å². The average molecular weight is 830 g/mol. The molecule has 0 saturated carbocycles. The predicted molar refractivity (Wildman–Crippen MR) is 275 cm³/mol. The fourth-order valence-corrected chi connectivity index (χ4v) is 9.66. The van der Waals surface area contributed by atoms with Crippen molar-refractivity contribution in [3.8, 4) is 22.5 Å². The van der Waals surface area contributed by atoms with Crippen molar-refractivity contribution in [1.82, 2.24) is 9.13 Å². The van der Waals surface area contributed by atoms with Crippen molar-refractivity contribution in [2.24, 2.45) is 0 Å². The third kappa shape index (κ3) is 6.87. The lowest BCUT2D eigenvalue weighted by molar-refractivity contribution is 1.18. The van der Waals surface area contributed by atoms with Crippen molar-refractivity contribution in [1.29, 1.82) is 0 Å². The topological polar surface area (TPSA) is 13.1 Å². The van der Waals surface area contributed by atoms with E-state index in [1.54, 1.807) is 0 Å². The zero-order chi connectivity index (χ0) is 43.1. The summed E-state index contributed by atoms with van der Waals surface area (Å²) in [6, 6.07) is 91.8. The molecular formula is C62H43N3. The average Bonchev–Trinajstić information content (AvgIpc) is 3.90. The SMILES string of the molecule is C(=C(c1ccc(-n2c3ccccc3c3ccccc32)cc1)c1ccc(-n2c3ccccc3c3ccccc32)cc1)c1ccc(-c2ccc(N(c3ccccc3)c3ccccc3)cc2)cc1. The molecule has 0 spiro atoms. The van der Waals surface area contributed by atoms with Crippen LogP contribution in [0.1, 0.15) is 16.7 Å². The fraction of sp³-hybridized carbons (Fsp3) is 0. The minimum atomic E-state index is 1.11. The summed E-state index contributed by atoms with van der Waals surface area (Å²) in [7, 11) is 0. The Morgan fingerprint density at radius 3 is 1.00 bits per heavy atom. The Balaban J connectivity index is 0.915. The summed E-state index contributed by atoms with van der Waals surface area (Å²) in [5.74, 6) is 0. The molecule has 2 heterocycles. The zero-order valence-corrected chi connectivity index (χ0v) is 35.7. The molecule has 306 valence electrons. The summed E-state index contributed by atoms with van der Waals surface area (Å²) >= 11 is 0. The van der Waals surface area contributed by atoms with E-state index in [0.717, 1.165) is 50.7 Å². The zero-order valence-electron chi connectivity index (χ0n) is 35.7. The van der Waals surface area contributed by atoms with Crippen LogP contribution in [-0.4, -0.2) is 9.13 Å². The number of benzene rings is 10. The molecule has 12 rings (SSSR count). The maximum absolute atomic E-state index is 2.38. The lowest BCUT2D eigenvalue weighted by Gasteiger charge is -2.25. The summed E-state index contributed by atoms with van der Waals surface area (Å²) in [4.78, 5) is 2.30. The summed E-state index contributed by atoms with van der Waals surface area (Å²) < 4.78 is 4.76. The number of para-hydroxylation sites is 6. The van der Waals surface area contributed by atoms with Gasteiger partial charge in [-0.05, 0) is 124 Å². The molecule has 10 aromatic carbocycles. The van der Waals surface area contributed by atoms with E-state index in [2.05, 4.69) is 275 Å². The van der Waals surface area contributed by atoms with Gasteiger partial charge in [-0.1, -0.05) is 170 Å². The van der Waals surface area contributed by atoms with Gasteiger partial charge in [-0.3, -0.25) is 0 Å². The van der Waals surface area contributed by atoms with Crippen LogP contribution in [0.3, 0.4) is 0 Å². The highest BCUT2D eigenvalue weighted by atomic mass is 15.1. The van der Waals surface area contributed by atoms with Crippen molar-refractivity contribution in [2.45, 2.75) is 0 Å². The fourth-order valence-electron chi connectivity index (χ4n) is 9.66. The Kier molecular flexibility index (Phi) is 9.50. The van der Waals surface area contributed by atoms with Crippen LogP contribution in [0.4, 0.5) is 17.1 Å². The Hall–Kier alpha value is -8.66. The predicted octanol–water partition coefficient (Wildman–Crippen LogP) is 16.6. The second-order valence-electron chi connectivity index (χ2n) is 16.6. The molecule has 0 atom stereocenters. The first-order chi connectivity index (χ1) is 32.2. The lowest BCUT2D eigenvalue weighted by atomic mass is 9.94. The van der Waals surface area contributed by atoms with Gasteiger partial charge in [0.1, 0.15) is 0 Å². The van der Waals surface area contributed by atoms with Crippen LogP contribution < -0.4 is 4.90 Å². The van der Waals surface area contributed by atoms with Gasteiger partial charge in [-0.25, -0.2) is 0 Å². The number of nitrogens with zero attached hydrogens (tertiary/aromatic N) is 3. The number of hydrogen-bond donors (Lipinski definition) is 0. The molecule has 3 nitrogen and oxygen atoms in total. The van der Waals surface area contributed by atoms with E-state index in [-0.39, 0.29) is 0 Å². The van der Waals surface area contributed by atoms with Gasteiger partial charge < -0.3 is 14.0 Å². The van der Waals surface area contributed by atoms with Gasteiger partial charge in [0.2, 0.25) is 0 Å². The maximum Gasteiger partial charge on any atom is 0.0541 e. The molecular weight excluding hydrogens is 787 g/mol. The number of hydrogen-bond acceptors (Lipinski definition) is 1. The van der Waals surface area contributed by atoms with E-state index in [9.17, 15) is 0 Å². The van der Waals surface area contributed by atoms with Gasteiger partial charge in [0.05, 0.1) is 22.1 Å². The van der Waals surface area contributed by atoms with Crippen LogP contribution in [0.25, 0.3) is 77.8 Å². The molecule has 12 aromatic rings. The minimum absolute atomic E-state index is 1.11. The van der Waals surface area contributed by atoms with Gasteiger partial charge >= 0.3 is 0 Å². The van der Waals surface area contributed by atoms with Crippen LogP contribution >= 0.6 is 0 Å². The number of rotatable bonds is 9. The molecule has 0 saturated heterocycles. The van der Waals surface area contributed by atoms with E-state index < -0.39 is 0 Å². The third-order valence-electron chi connectivity index (χ3n) is 12.7. The van der Waals surface area contributed by atoms with Gasteiger partial charge in [-0.15, -0.1) is 0 Å². The first-order valence-electron chi connectivity index (χ1n) is 22.3. The summed E-state index contributed by atoms with van der Waals surface area (Å²) in [5, 5.41) is 5.04. The van der Waals surface area contributed by atoms with Crippen LogP contribution in [0, 0.1) is 0 Å². The van der Waals surface area contributed by atoms with Crippen molar-refractivity contribution >= 4 is 72.3 Å². The Morgan fingerprint density at radius 1 is 0.292 bits per heavy atom. The molecule has 0 aliphatic carbocycles. The molecule has 0 radical (unpaired) electrons. The number of aromatic nitrogens is 2. The largest absolute Gasteiger partial charge is 0.311 e. The molecule has 0 bridgehead atoms. The van der Waals surface area contributed by atoms with Crippen molar-refractivity contribution in [3.05, 3.63) is 271 Å². The highest BCUT2D eigenvalue weighted by Crippen LogP contribution is 2.38. The summed E-state index contributed by atoms with van der Waals surface area (Å²) in [5.41, 5.74) is 17.4. The van der Waals surface area contributed by atoms with Crippen LogP contribution in [0.5, 0.6) is 0 Å². The smallest absolute Gasteiger partial charge is 0.0541 e. The minimum Gasteiger partial charge on any atom is -0.311 e. The molecule has 0 aliphatic heterocycles. The molecule has 0 aliphatic rings. The highest BCUT2D eigenvalue weighted by Gasteiger charge is 2.16. The van der Waals surface area contributed by atoms with Crippen LogP contribution in [-0.2, 0) is 0 Å². The molecule has 0 amide bonds. The molecule has 0 N–H and O–H groups in total. The van der Waals surface area contributed by atoms with Gasteiger partial charge in [-0.2, -0.15) is 0 Å². The van der Waals surface area contributed by atoms with E-state index in [1.165, 1.54) is 54.7 Å². The molecule has 2 aromatic heterocycles. The normalized spacial score (nSPS) is 11.4. The first kappa shape index (κ1) is 38.0. The summed E-state index contributed by atoms with van der Waals surface area (Å²) in [6.07, 6.45) is 2.33. The second kappa shape index (κ2) is 16.2. The monoisotopic (exact) mass is 829 g/mol. The third-order valence-corrected chi connectivity index (χ3v) is 12.7. The number of fused-ring (bicyclic) bond motifs is 6. The van der Waals surface area contributed by atoms with Gasteiger partial charge in [0, 0.05) is 50.0 Å².